The molecule has 0 aromatic heterocycles. The van der Waals surface area contributed by atoms with Crippen LogP contribution in [0.3, 0.4) is 0 Å². The number of likely N-dealkylation sites (N-methyl/N-ethyl adjacent to an activating group) is 1. The van der Waals surface area contributed by atoms with E-state index in [9.17, 15) is 13.2 Å². The van der Waals surface area contributed by atoms with Crippen LogP contribution in [-0.4, -0.2) is 47.0 Å². The third-order valence-corrected chi connectivity index (χ3v) is 6.99. The van der Waals surface area contributed by atoms with Crippen molar-refractivity contribution in [1.29, 1.82) is 0 Å². The zero-order chi connectivity index (χ0) is 24.7. The molecule has 0 heterocycles. The van der Waals surface area contributed by atoms with Gasteiger partial charge < -0.3 is 14.4 Å². The number of nitrogens with one attached hydrogen (secondary N) is 1. The minimum Gasteiger partial charge on any atom is -0.493 e. The monoisotopic (exact) mass is 482 g/mol. The van der Waals surface area contributed by atoms with Gasteiger partial charge in [-0.05, 0) is 54.3 Å². The molecule has 3 rings (SSSR count). The second kappa shape index (κ2) is 11.2. The van der Waals surface area contributed by atoms with Crippen LogP contribution in [0.1, 0.15) is 27.0 Å². The smallest absolute Gasteiger partial charge is 0.253 e. The van der Waals surface area contributed by atoms with E-state index in [1.165, 1.54) is 12.1 Å². The summed E-state index contributed by atoms with van der Waals surface area (Å²) in [5, 5.41) is 0. The molecule has 0 bridgehead atoms. The molecule has 0 unspecified atom stereocenters. The molecule has 7 nitrogen and oxygen atoms in total. The predicted octanol–water partition coefficient (Wildman–Crippen LogP) is 3.81. The molecular weight excluding hydrogens is 452 g/mol. The van der Waals surface area contributed by atoms with Crippen LogP contribution in [0, 0.1) is 6.92 Å². The van der Waals surface area contributed by atoms with E-state index >= 15 is 0 Å². The minimum atomic E-state index is -3.77. The van der Waals surface area contributed by atoms with Gasteiger partial charge in [-0.3, -0.25) is 4.79 Å². The first-order valence-corrected chi connectivity index (χ1v) is 12.3. The minimum absolute atomic E-state index is 0.0608. The maximum Gasteiger partial charge on any atom is 0.253 e. The first kappa shape index (κ1) is 25.3. The van der Waals surface area contributed by atoms with E-state index in [0.29, 0.717) is 35.6 Å². The molecule has 0 saturated heterocycles. The van der Waals surface area contributed by atoms with Crippen LogP contribution in [0.2, 0.25) is 0 Å². The molecule has 0 radical (unpaired) electrons. The molecule has 180 valence electrons. The van der Waals surface area contributed by atoms with E-state index in [4.69, 9.17) is 9.47 Å². The Labute approximate surface area is 201 Å². The number of nitrogens with zero attached hydrogens (tertiary/aromatic N) is 1. The predicted molar refractivity (Wildman–Crippen MR) is 132 cm³/mol. The summed E-state index contributed by atoms with van der Waals surface area (Å²) in [5.41, 5.74) is 2.92. The zero-order valence-electron chi connectivity index (χ0n) is 19.9. The van der Waals surface area contributed by atoms with Crippen LogP contribution in [0.15, 0.2) is 71.6 Å². The van der Waals surface area contributed by atoms with Gasteiger partial charge in [0.25, 0.3) is 5.91 Å². The number of amides is 1. The number of rotatable bonds is 10. The number of carbonyl (C=O) groups excluding carboxylic acids is 1. The van der Waals surface area contributed by atoms with Crippen LogP contribution in [0.5, 0.6) is 11.5 Å². The highest BCUT2D eigenvalue weighted by Gasteiger charge is 2.20. The molecule has 0 aliphatic heterocycles. The lowest BCUT2D eigenvalue weighted by atomic mass is 10.1. The van der Waals surface area contributed by atoms with E-state index in [2.05, 4.69) is 4.72 Å². The lowest BCUT2D eigenvalue weighted by molar-refractivity contribution is 0.0795. The Morgan fingerprint density at radius 3 is 2.29 bits per heavy atom. The summed E-state index contributed by atoms with van der Waals surface area (Å²) >= 11 is 0. The fraction of sp³-hybridized carbons (Fsp3) is 0.269. The van der Waals surface area contributed by atoms with E-state index in [-0.39, 0.29) is 17.3 Å². The molecule has 0 saturated carbocycles. The summed E-state index contributed by atoms with van der Waals surface area (Å²) < 4.78 is 38.9. The fourth-order valence-corrected chi connectivity index (χ4v) is 4.54. The van der Waals surface area contributed by atoms with E-state index in [1.807, 2.05) is 48.5 Å². The van der Waals surface area contributed by atoms with Crippen molar-refractivity contribution in [2.75, 3.05) is 27.8 Å². The maximum absolute atomic E-state index is 13.1. The SMILES string of the molecule is COc1ccc(CCN(C)C(=O)c2cc(S(=O)(=O)NCc3ccccc3)ccc2C)cc1OC. The van der Waals surface area contributed by atoms with Gasteiger partial charge in [0.1, 0.15) is 0 Å². The summed E-state index contributed by atoms with van der Waals surface area (Å²) in [4.78, 5) is 14.8. The Balaban J connectivity index is 1.71. The van der Waals surface area contributed by atoms with Crippen LogP contribution in [0.25, 0.3) is 0 Å². The van der Waals surface area contributed by atoms with Gasteiger partial charge >= 0.3 is 0 Å². The van der Waals surface area contributed by atoms with E-state index in [0.717, 1.165) is 11.1 Å². The largest absolute Gasteiger partial charge is 0.493 e. The standard InChI is InChI=1S/C26H30N2O5S/c1-19-10-12-22(34(30,31)27-18-21-8-6-5-7-9-21)17-23(19)26(29)28(2)15-14-20-11-13-24(32-3)25(16-20)33-4/h5-13,16-17,27H,14-15,18H2,1-4H3. The molecule has 0 aliphatic rings. The van der Waals surface area contributed by atoms with Gasteiger partial charge in [-0.1, -0.05) is 42.5 Å². The Bertz CT molecular complexity index is 1240. The molecule has 3 aromatic carbocycles. The third-order valence-electron chi connectivity index (χ3n) is 5.59. The molecule has 0 spiro atoms. The van der Waals surface area contributed by atoms with Crippen molar-refractivity contribution in [3.05, 3.63) is 89.0 Å². The Morgan fingerprint density at radius 2 is 1.62 bits per heavy atom. The van der Waals surface area contributed by atoms with E-state index < -0.39 is 10.0 Å². The van der Waals surface area contributed by atoms with Crippen LogP contribution in [0.4, 0.5) is 0 Å². The molecule has 0 aliphatic carbocycles. The van der Waals surface area contributed by atoms with Crippen LogP contribution >= 0.6 is 0 Å². The fourth-order valence-electron chi connectivity index (χ4n) is 3.50. The molecule has 0 atom stereocenters. The quantitative estimate of drug-likeness (QED) is 0.475. The summed E-state index contributed by atoms with van der Waals surface area (Å²) in [6, 6.07) is 19.5. The summed E-state index contributed by atoms with van der Waals surface area (Å²) in [6.07, 6.45) is 0.609. The normalized spacial score (nSPS) is 11.2. The van der Waals surface area contributed by atoms with E-state index in [1.54, 1.807) is 39.2 Å². The highest BCUT2D eigenvalue weighted by Crippen LogP contribution is 2.27. The maximum atomic E-state index is 13.1. The third kappa shape index (κ3) is 6.15. The lowest BCUT2D eigenvalue weighted by Crippen LogP contribution is -2.30. The first-order valence-electron chi connectivity index (χ1n) is 10.9. The zero-order valence-corrected chi connectivity index (χ0v) is 20.7. The molecule has 8 heteroatoms. The number of hydrogen-bond acceptors (Lipinski definition) is 5. The summed E-state index contributed by atoms with van der Waals surface area (Å²) in [5.74, 6) is 1.04. The Hall–Kier alpha value is -3.36. The van der Waals surface area contributed by atoms with Gasteiger partial charge in [-0.15, -0.1) is 0 Å². The number of hydrogen-bond donors (Lipinski definition) is 1. The average Bonchev–Trinajstić information content (AvgIpc) is 2.86. The van der Waals surface area contributed by atoms with Gasteiger partial charge in [-0.2, -0.15) is 0 Å². The second-order valence-corrected chi connectivity index (χ2v) is 9.72. The van der Waals surface area contributed by atoms with Gasteiger partial charge in [0.15, 0.2) is 11.5 Å². The van der Waals surface area contributed by atoms with Crippen LogP contribution in [-0.2, 0) is 23.0 Å². The number of aryl methyl sites for hydroxylation is 1. The van der Waals surface area contributed by atoms with Gasteiger partial charge in [0, 0.05) is 25.7 Å². The lowest BCUT2D eigenvalue weighted by Gasteiger charge is -2.19. The molecule has 1 N–H and O–H groups in total. The van der Waals surface area contributed by atoms with Gasteiger partial charge in [0.05, 0.1) is 19.1 Å². The van der Waals surface area contributed by atoms with Crippen molar-refractivity contribution in [1.82, 2.24) is 9.62 Å². The molecular formula is C26H30N2O5S. The topological polar surface area (TPSA) is 84.9 Å². The number of carbonyl (C=O) groups is 1. The van der Waals surface area contributed by atoms with Gasteiger partial charge in [0.2, 0.25) is 10.0 Å². The van der Waals surface area contributed by atoms with Crippen molar-refractivity contribution in [2.24, 2.45) is 0 Å². The Morgan fingerprint density at radius 1 is 0.912 bits per heavy atom. The van der Waals surface area contributed by atoms with Gasteiger partial charge in [-0.25, -0.2) is 13.1 Å². The molecule has 3 aromatic rings. The van der Waals surface area contributed by atoms with Crippen molar-refractivity contribution in [2.45, 2.75) is 24.8 Å². The number of methoxy groups -OCH3 is 2. The van der Waals surface area contributed by atoms with Crippen LogP contribution < -0.4 is 14.2 Å². The highest BCUT2D eigenvalue weighted by molar-refractivity contribution is 7.89. The first-order chi connectivity index (χ1) is 16.2. The van der Waals surface area contributed by atoms with Crippen molar-refractivity contribution in [3.8, 4) is 11.5 Å². The van der Waals surface area contributed by atoms with Crippen molar-refractivity contribution in [3.63, 3.8) is 0 Å². The van der Waals surface area contributed by atoms with Crippen molar-refractivity contribution < 1.29 is 22.7 Å². The summed E-state index contributed by atoms with van der Waals surface area (Å²) in [7, 11) is 1.09. The second-order valence-electron chi connectivity index (χ2n) is 7.95. The Kier molecular flexibility index (Phi) is 8.31. The number of benzene rings is 3. The van der Waals surface area contributed by atoms with Crippen molar-refractivity contribution >= 4 is 15.9 Å². The molecule has 34 heavy (non-hydrogen) atoms. The number of sulfonamides is 1. The summed E-state index contributed by atoms with van der Waals surface area (Å²) in [6.45, 7) is 2.42. The highest BCUT2D eigenvalue weighted by atomic mass is 32.2. The average molecular weight is 483 g/mol. The molecule has 1 amide bonds. The number of ether oxygens (including phenoxy) is 2. The molecule has 0 fully saturated rings.